The summed E-state index contributed by atoms with van der Waals surface area (Å²) >= 11 is 0. The molecule has 0 saturated carbocycles. The van der Waals surface area contributed by atoms with Crippen LogP contribution in [0, 0.1) is 6.92 Å². The molecule has 0 aromatic carbocycles. The van der Waals surface area contributed by atoms with Crippen molar-refractivity contribution in [3.8, 4) is 0 Å². The third kappa shape index (κ3) is 2.66. The molecule has 1 saturated heterocycles. The molecule has 3 aromatic heterocycles. The van der Waals surface area contributed by atoms with Gasteiger partial charge in [0.05, 0.1) is 6.20 Å². The number of hydrogen-bond donors (Lipinski definition) is 1. The smallest absolute Gasteiger partial charge is 0.277 e. The second-order valence-corrected chi connectivity index (χ2v) is 5.74. The molecule has 0 unspecified atom stereocenters. The molecule has 24 heavy (non-hydrogen) atoms. The molecule has 0 atom stereocenters. The maximum atomic E-state index is 12.5. The number of anilines is 2. The van der Waals surface area contributed by atoms with E-state index < -0.39 is 0 Å². The highest BCUT2D eigenvalue weighted by Crippen LogP contribution is 2.18. The summed E-state index contributed by atoms with van der Waals surface area (Å²) in [6.07, 6.45) is 5.48. The summed E-state index contributed by atoms with van der Waals surface area (Å²) < 4.78 is 1.58. The van der Waals surface area contributed by atoms with Gasteiger partial charge in [-0.1, -0.05) is 0 Å². The second kappa shape index (κ2) is 5.88. The fourth-order valence-electron chi connectivity index (χ4n) is 2.84. The lowest BCUT2D eigenvalue weighted by Crippen LogP contribution is -2.21. The average Bonchev–Trinajstić information content (AvgIpc) is 3.24. The number of nitrogens with zero attached hydrogens (tertiary/aromatic N) is 6. The van der Waals surface area contributed by atoms with Crippen LogP contribution in [-0.2, 0) is 0 Å². The van der Waals surface area contributed by atoms with Crippen molar-refractivity contribution in [2.24, 2.45) is 0 Å². The lowest BCUT2D eigenvalue weighted by atomic mass is 10.4. The number of nitrogens with one attached hydrogen (secondary N) is 1. The fourth-order valence-corrected chi connectivity index (χ4v) is 2.84. The first-order valence-corrected chi connectivity index (χ1v) is 7.91. The molecule has 0 bridgehead atoms. The van der Waals surface area contributed by atoms with Crippen LogP contribution >= 0.6 is 0 Å². The Kier molecular flexibility index (Phi) is 3.56. The van der Waals surface area contributed by atoms with Gasteiger partial charge in [0.15, 0.2) is 11.3 Å². The van der Waals surface area contributed by atoms with E-state index in [2.05, 4.69) is 30.3 Å². The summed E-state index contributed by atoms with van der Waals surface area (Å²) in [6, 6.07) is 5.48. The number of fused-ring (bicyclic) bond motifs is 1. The highest BCUT2D eigenvalue weighted by Gasteiger charge is 2.18. The zero-order valence-corrected chi connectivity index (χ0v) is 13.3. The highest BCUT2D eigenvalue weighted by atomic mass is 16.2. The van der Waals surface area contributed by atoms with Crippen molar-refractivity contribution >= 4 is 23.2 Å². The number of aryl methyl sites for hydroxylation is 1. The summed E-state index contributed by atoms with van der Waals surface area (Å²) in [5.74, 6) is 1.62. The lowest BCUT2D eigenvalue weighted by Gasteiger charge is -2.16. The zero-order chi connectivity index (χ0) is 16.5. The number of carbonyl (C=O) groups excluding carboxylic acids is 1. The Morgan fingerprint density at radius 1 is 1.17 bits per heavy atom. The molecule has 0 aliphatic carbocycles. The number of aromatic nitrogens is 5. The van der Waals surface area contributed by atoms with Gasteiger partial charge >= 0.3 is 0 Å². The normalized spacial score (nSPS) is 14.3. The SMILES string of the molecule is Cc1nccc(NC(=O)c2cnc3ccc(N4CCCC4)nn23)n1. The summed E-state index contributed by atoms with van der Waals surface area (Å²) in [4.78, 5) is 27.2. The Bertz CT molecular complexity index is 898. The Hall–Kier alpha value is -3.03. The van der Waals surface area contributed by atoms with E-state index in [0.717, 1.165) is 18.9 Å². The quantitative estimate of drug-likeness (QED) is 0.789. The minimum absolute atomic E-state index is 0.299. The number of imidazole rings is 1. The van der Waals surface area contributed by atoms with Gasteiger partial charge < -0.3 is 10.2 Å². The van der Waals surface area contributed by atoms with E-state index in [1.807, 2.05) is 12.1 Å². The third-order valence-corrected chi connectivity index (χ3v) is 4.03. The Balaban J connectivity index is 1.65. The molecule has 4 rings (SSSR count). The van der Waals surface area contributed by atoms with Gasteiger partial charge in [-0.2, -0.15) is 0 Å². The number of hydrogen-bond acceptors (Lipinski definition) is 6. The van der Waals surface area contributed by atoms with E-state index in [4.69, 9.17) is 0 Å². The third-order valence-electron chi connectivity index (χ3n) is 4.03. The zero-order valence-electron chi connectivity index (χ0n) is 13.3. The average molecular weight is 323 g/mol. The van der Waals surface area contributed by atoms with Crippen LogP contribution in [0.2, 0.25) is 0 Å². The van der Waals surface area contributed by atoms with Crippen molar-refractivity contribution in [2.45, 2.75) is 19.8 Å². The molecule has 1 N–H and O–H groups in total. The molecule has 0 spiro atoms. The van der Waals surface area contributed by atoms with Crippen LogP contribution in [0.25, 0.3) is 5.65 Å². The van der Waals surface area contributed by atoms with Crippen molar-refractivity contribution in [1.82, 2.24) is 24.6 Å². The first kappa shape index (κ1) is 14.6. The van der Waals surface area contributed by atoms with E-state index in [0.29, 0.717) is 23.0 Å². The first-order valence-electron chi connectivity index (χ1n) is 7.91. The van der Waals surface area contributed by atoms with E-state index in [1.54, 1.807) is 23.7 Å². The molecule has 1 aliphatic rings. The number of carbonyl (C=O) groups is 1. The van der Waals surface area contributed by atoms with Gasteiger partial charge in [-0.25, -0.2) is 19.5 Å². The lowest BCUT2D eigenvalue weighted by molar-refractivity contribution is 0.102. The van der Waals surface area contributed by atoms with Gasteiger partial charge in [0.25, 0.3) is 5.91 Å². The molecular weight excluding hydrogens is 306 g/mol. The summed E-state index contributed by atoms with van der Waals surface area (Å²) in [5.41, 5.74) is 1.02. The maximum absolute atomic E-state index is 12.5. The van der Waals surface area contributed by atoms with Gasteiger partial charge in [0.2, 0.25) is 0 Å². The van der Waals surface area contributed by atoms with Crippen molar-refractivity contribution < 1.29 is 4.79 Å². The van der Waals surface area contributed by atoms with Crippen molar-refractivity contribution in [2.75, 3.05) is 23.3 Å². The summed E-state index contributed by atoms with van der Waals surface area (Å²) in [7, 11) is 0. The van der Waals surface area contributed by atoms with Gasteiger partial charge in [0, 0.05) is 19.3 Å². The molecule has 1 amide bonds. The first-order chi connectivity index (χ1) is 11.7. The summed E-state index contributed by atoms with van der Waals surface area (Å²) in [5, 5.41) is 7.35. The van der Waals surface area contributed by atoms with E-state index in [1.165, 1.54) is 19.0 Å². The van der Waals surface area contributed by atoms with Crippen LogP contribution < -0.4 is 10.2 Å². The minimum Gasteiger partial charge on any atom is -0.355 e. The van der Waals surface area contributed by atoms with Gasteiger partial charge in [-0.3, -0.25) is 4.79 Å². The van der Waals surface area contributed by atoms with Gasteiger partial charge in [-0.05, 0) is 38.0 Å². The monoisotopic (exact) mass is 323 g/mol. The molecule has 8 nitrogen and oxygen atoms in total. The second-order valence-electron chi connectivity index (χ2n) is 5.74. The summed E-state index contributed by atoms with van der Waals surface area (Å²) in [6.45, 7) is 3.76. The maximum Gasteiger partial charge on any atom is 0.277 e. The van der Waals surface area contributed by atoms with Crippen LogP contribution in [0.1, 0.15) is 29.2 Å². The topological polar surface area (TPSA) is 88.3 Å². The highest BCUT2D eigenvalue weighted by molar-refractivity contribution is 6.02. The van der Waals surface area contributed by atoms with Gasteiger partial charge in [-0.15, -0.1) is 5.10 Å². The predicted molar refractivity (Wildman–Crippen MR) is 89.2 cm³/mol. The van der Waals surface area contributed by atoms with Crippen molar-refractivity contribution in [3.05, 3.63) is 42.1 Å². The standard InChI is InChI=1S/C16H17N7O/c1-11-17-7-6-13(19-11)20-16(24)12-10-18-14-4-5-15(21-23(12)14)22-8-2-3-9-22/h4-7,10H,2-3,8-9H2,1H3,(H,17,19,20,24). The Morgan fingerprint density at radius 2 is 2.00 bits per heavy atom. The minimum atomic E-state index is -0.299. The van der Waals surface area contributed by atoms with Crippen molar-refractivity contribution in [1.29, 1.82) is 0 Å². The van der Waals surface area contributed by atoms with Crippen LogP contribution in [0.5, 0.6) is 0 Å². The van der Waals surface area contributed by atoms with E-state index >= 15 is 0 Å². The number of rotatable bonds is 3. The fraction of sp³-hybridized carbons (Fsp3) is 0.312. The van der Waals surface area contributed by atoms with Crippen LogP contribution in [0.3, 0.4) is 0 Å². The predicted octanol–water partition coefficient (Wildman–Crippen LogP) is 1.68. The Morgan fingerprint density at radius 3 is 2.79 bits per heavy atom. The van der Waals surface area contributed by atoms with Gasteiger partial charge in [0.1, 0.15) is 17.5 Å². The molecule has 3 aromatic rings. The molecular formula is C16H17N7O. The number of amides is 1. The molecule has 8 heteroatoms. The van der Waals surface area contributed by atoms with E-state index in [9.17, 15) is 4.79 Å². The molecule has 0 radical (unpaired) electrons. The van der Waals surface area contributed by atoms with Crippen molar-refractivity contribution in [3.63, 3.8) is 0 Å². The molecule has 122 valence electrons. The van der Waals surface area contributed by atoms with E-state index in [-0.39, 0.29) is 5.91 Å². The van der Waals surface area contributed by atoms with Crippen LogP contribution in [0.4, 0.5) is 11.6 Å². The molecule has 1 aliphatic heterocycles. The van der Waals surface area contributed by atoms with Crippen LogP contribution in [0.15, 0.2) is 30.6 Å². The Labute approximate surface area is 138 Å². The van der Waals surface area contributed by atoms with Crippen LogP contribution in [-0.4, -0.2) is 43.6 Å². The molecule has 1 fully saturated rings. The largest absolute Gasteiger partial charge is 0.355 e. The molecule has 4 heterocycles.